The van der Waals surface area contributed by atoms with Crippen LogP contribution in [0.3, 0.4) is 0 Å². The highest BCUT2D eigenvalue weighted by atomic mass is 19.1. The summed E-state index contributed by atoms with van der Waals surface area (Å²) in [6.45, 7) is 12.2. The van der Waals surface area contributed by atoms with Gasteiger partial charge in [0.2, 0.25) is 6.41 Å². The maximum Gasteiger partial charge on any atom is 0.254 e. The molecule has 2 amide bonds. The van der Waals surface area contributed by atoms with Gasteiger partial charge in [0.25, 0.3) is 5.91 Å². The van der Waals surface area contributed by atoms with Crippen LogP contribution >= 0.6 is 0 Å². The average molecular weight is 875 g/mol. The molecule has 2 atom stereocenters. The van der Waals surface area contributed by atoms with Crippen LogP contribution in [0, 0.1) is 6.92 Å². The molecule has 9 N–H and O–H groups in total. The predicted octanol–water partition coefficient (Wildman–Crippen LogP) is 6.12. The molecule has 14 nitrogen and oxygen atoms in total. The quantitative estimate of drug-likeness (QED) is 0.0458. The summed E-state index contributed by atoms with van der Waals surface area (Å²) in [4.78, 5) is 35.5. The normalized spacial score (nSPS) is 20.8. The van der Waals surface area contributed by atoms with Crippen LogP contribution in [-0.2, 0) is 9.53 Å². The van der Waals surface area contributed by atoms with Crippen molar-refractivity contribution in [2.45, 2.75) is 88.6 Å². The Hall–Kier alpha value is -6.06. The number of alkyl halides is 1. The van der Waals surface area contributed by atoms with E-state index in [0.717, 1.165) is 54.1 Å². The number of ether oxygens (including phenoxy) is 1. The summed E-state index contributed by atoms with van der Waals surface area (Å²) in [5.41, 5.74) is 25.1. The molecule has 64 heavy (non-hydrogen) atoms. The van der Waals surface area contributed by atoms with E-state index in [9.17, 15) is 14.7 Å². The Labute approximate surface area is 375 Å². The van der Waals surface area contributed by atoms with Crippen LogP contribution in [0.1, 0.15) is 103 Å². The number of rotatable bonds is 15. The Morgan fingerprint density at radius 3 is 2.45 bits per heavy atom. The molecule has 4 fully saturated rings. The number of carbonyl (C=O) groups excluding carboxylic acids is 2. The van der Waals surface area contributed by atoms with E-state index in [2.05, 4.69) is 38.9 Å². The Balaban J connectivity index is 0.849. The number of piperidine rings is 2. The first-order chi connectivity index (χ1) is 30.8. The zero-order valence-corrected chi connectivity index (χ0v) is 37.1. The molecule has 0 bridgehead atoms. The first-order valence-corrected chi connectivity index (χ1v) is 22.6. The fourth-order valence-corrected chi connectivity index (χ4v) is 9.73. The van der Waals surface area contributed by atoms with Crippen LogP contribution in [0.5, 0.6) is 5.75 Å². The van der Waals surface area contributed by atoms with E-state index in [1.165, 1.54) is 23.8 Å². The van der Waals surface area contributed by atoms with E-state index in [-0.39, 0.29) is 35.7 Å². The van der Waals surface area contributed by atoms with Gasteiger partial charge in [0.15, 0.2) is 0 Å². The highest BCUT2D eigenvalue weighted by molar-refractivity contribution is 5.95. The fourth-order valence-electron chi connectivity index (χ4n) is 9.73. The molecule has 5 heterocycles. The van der Waals surface area contributed by atoms with Crippen LogP contribution in [0.2, 0.25) is 0 Å². The number of aromatic hydroxyl groups is 1. The van der Waals surface area contributed by atoms with Gasteiger partial charge in [0.1, 0.15) is 29.0 Å². The second-order valence-electron chi connectivity index (χ2n) is 18.2. The molecule has 2 aromatic carbocycles. The zero-order valence-electron chi connectivity index (χ0n) is 37.1. The van der Waals surface area contributed by atoms with Crippen LogP contribution in [0.25, 0.3) is 16.7 Å². The minimum atomic E-state index is -1.36. The standard InChI is InChI=1S/C49H63FN10O4/c1-31-22-35(45-28-59(26-33(3)64-45)43(46(52)53)24-42(51)39-6-4-5-7-44(39)62)10-11-38(31)48(63)58-20-15-49(50,16-21-58)29-57-18-13-37(14-19-57)60-27-41(34-8-9-34)40-23-36(25-55-47(40)60)56-32(2)12-17-54-30-61/h4-7,10-11,22-25,27,30,33-34,37,45,56,62H,2,8-9,12-21,26,28-29,51-53H2,1,3H3,(H,54,61)/b42-24-. The minimum Gasteiger partial charge on any atom is -0.507 e. The number of morpholine rings is 1. The molecule has 2 unspecified atom stereocenters. The van der Waals surface area contributed by atoms with Crippen molar-refractivity contribution in [3.63, 3.8) is 0 Å². The van der Waals surface area contributed by atoms with Gasteiger partial charge in [-0.2, -0.15) is 0 Å². The number of phenolic OH excluding ortho intramolecular Hbond substituents is 1. The van der Waals surface area contributed by atoms with Crippen molar-refractivity contribution < 1.29 is 23.8 Å². The number of aromatic nitrogens is 2. The molecule has 0 spiro atoms. The van der Waals surface area contributed by atoms with Crippen molar-refractivity contribution in [2.24, 2.45) is 17.2 Å². The lowest BCUT2D eigenvalue weighted by molar-refractivity contribution is -0.109. The summed E-state index contributed by atoms with van der Waals surface area (Å²) in [6.07, 6.45) is 11.5. The van der Waals surface area contributed by atoms with Gasteiger partial charge in [-0.1, -0.05) is 30.8 Å². The van der Waals surface area contributed by atoms with Gasteiger partial charge < -0.3 is 56.9 Å². The number of fused-ring (bicyclic) bond motifs is 1. The Kier molecular flexibility index (Phi) is 13.2. The first-order valence-electron chi connectivity index (χ1n) is 22.6. The molecular formula is C49H63FN10O4. The molecule has 15 heteroatoms. The third-order valence-electron chi connectivity index (χ3n) is 13.4. The van der Waals surface area contributed by atoms with Crippen LogP contribution < -0.4 is 27.8 Å². The van der Waals surface area contributed by atoms with Gasteiger partial charge >= 0.3 is 0 Å². The second kappa shape index (κ2) is 19.0. The van der Waals surface area contributed by atoms with Gasteiger partial charge in [-0.15, -0.1) is 0 Å². The summed E-state index contributed by atoms with van der Waals surface area (Å²) in [7, 11) is 0. The average Bonchev–Trinajstić information content (AvgIpc) is 4.05. The van der Waals surface area contributed by atoms with Crippen molar-refractivity contribution >= 4 is 34.7 Å². The number of hydrogen-bond donors (Lipinski definition) is 6. The zero-order chi connectivity index (χ0) is 45.1. The summed E-state index contributed by atoms with van der Waals surface area (Å²) >= 11 is 0. The molecule has 3 saturated heterocycles. The first kappa shape index (κ1) is 44.5. The maximum atomic E-state index is 16.5. The number of para-hydroxylation sites is 1. The molecule has 0 radical (unpaired) electrons. The summed E-state index contributed by atoms with van der Waals surface area (Å²) in [6, 6.07) is 15.1. The van der Waals surface area contributed by atoms with E-state index < -0.39 is 5.67 Å². The SMILES string of the molecule is C=C(CCNC=O)Nc1cnc2c(c1)c(C1CC1)cn2C1CCN(CC2(F)CCN(C(=O)c3ccc(C4CN(C(/C=C(\N)c5ccccc5O)=C(N)N)CC(C)O4)cc3C)CC2)CC1. The van der Waals surface area contributed by atoms with E-state index in [1.807, 2.05) is 43.1 Å². The van der Waals surface area contributed by atoms with Gasteiger partial charge in [-0.25, -0.2) is 9.37 Å². The summed E-state index contributed by atoms with van der Waals surface area (Å²) < 4.78 is 25.3. The van der Waals surface area contributed by atoms with Crippen molar-refractivity contribution in [2.75, 3.05) is 57.7 Å². The lowest BCUT2D eigenvalue weighted by Crippen LogP contribution is -2.51. The number of likely N-dealkylation sites (tertiary alicyclic amines) is 2. The van der Waals surface area contributed by atoms with Crippen LogP contribution in [0.4, 0.5) is 10.1 Å². The Bertz CT molecular complexity index is 2420. The fraction of sp³-hybridized carbons (Fsp3) is 0.449. The largest absolute Gasteiger partial charge is 0.507 e. The summed E-state index contributed by atoms with van der Waals surface area (Å²) in [5.74, 6) is 0.629. The van der Waals surface area contributed by atoms with E-state index in [4.69, 9.17) is 26.9 Å². The number of halogens is 1. The van der Waals surface area contributed by atoms with Crippen molar-refractivity contribution in [3.05, 3.63) is 119 Å². The van der Waals surface area contributed by atoms with Crippen LogP contribution in [-0.4, -0.2) is 106 Å². The molecular weight excluding hydrogens is 812 g/mol. The highest BCUT2D eigenvalue weighted by Gasteiger charge is 2.39. The maximum absolute atomic E-state index is 16.5. The Morgan fingerprint density at radius 1 is 1.02 bits per heavy atom. The van der Waals surface area contributed by atoms with Gasteiger partial charge in [-0.05, 0) is 92.5 Å². The number of aryl methyl sites for hydroxylation is 1. The smallest absolute Gasteiger partial charge is 0.254 e. The molecule has 2 aromatic heterocycles. The number of benzene rings is 2. The van der Waals surface area contributed by atoms with Gasteiger partial charge in [0, 0.05) is 112 Å². The third-order valence-corrected chi connectivity index (χ3v) is 13.4. The third kappa shape index (κ3) is 10.0. The molecule has 4 aliphatic rings. The monoisotopic (exact) mass is 875 g/mol. The summed E-state index contributed by atoms with van der Waals surface area (Å²) in [5, 5.41) is 17.6. The Morgan fingerprint density at radius 2 is 1.77 bits per heavy atom. The topological polar surface area (TPSA) is 193 Å². The van der Waals surface area contributed by atoms with E-state index in [0.29, 0.717) is 93.4 Å². The van der Waals surface area contributed by atoms with Crippen molar-refractivity contribution in [3.8, 4) is 5.75 Å². The van der Waals surface area contributed by atoms with Gasteiger partial charge in [-0.3, -0.25) is 9.59 Å². The minimum absolute atomic E-state index is 0.0590. The lowest BCUT2D eigenvalue weighted by atomic mass is 9.90. The number of hydrogen-bond acceptors (Lipinski definition) is 11. The molecule has 8 rings (SSSR count). The number of nitrogens with two attached hydrogens (primary N) is 3. The molecule has 1 saturated carbocycles. The number of amides is 2. The molecule has 3 aliphatic heterocycles. The number of nitrogens with one attached hydrogen (secondary N) is 2. The van der Waals surface area contributed by atoms with Crippen molar-refractivity contribution in [1.29, 1.82) is 0 Å². The van der Waals surface area contributed by atoms with E-state index >= 15 is 4.39 Å². The number of pyridine rings is 1. The number of allylic oxidation sites excluding steroid dienone is 1. The number of phenols is 1. The van der Waals surface area contributed by atoms with Crippen LogP contribution in [0.15, 0.2) is 90.8 Å². The number of carbonyl (C=O) groups is 2. The van der Waals surface area contributed by atoms with E-state index in [1.54, 1.807) is 35.2 Å². The molecule has 1 aliphatic carbocycles. The molecule has 4 aromatic rings. The predicted molar refractivity (Wildman–Crippen MR) is 249 cm³/mol. The number of anilines is 1. The second-order valence-corrected chi connectivity index (χ2v) is 18.2. The molecule has 340 valence electrons. The lowest BCUT2D eigenvalue weighted by Gasteiger charge is -2.41. The van der Waals surface area contributed by atoms with Crippen molar-refractivity contribution in [1.82, 2.24) is 29.6 Å². The van der Waals surface area contributed by atoms with Gasteiger partial charge in [0.05, 0.1) is 23.7 Å². The highest BCUT2D eigenvalue weighted by Crippen LogP contribution is 2.45. The number of nitrogens with zero attached hydrogens (tertiary/aromatic N) is 5.